The highest BCUT2D eigenvalue weighted by Gasteiger charge is 2.22. The first kappa shape index (κ1) is 36.7. The number of carbonyl (C=O) groups is 2. The Morgan fingerprint density at radius 3 is 2.04 bits per heavy atom. The van der Waals surface area contributed by atoms with Crippen LogP contribution in [0.1, 0.15) is 49.0 Å². The molecule has 0 aliphatic heterocycles. The lowest BCUT2D eigenvalue weighted by molar-refractivity contribution is -0.873. The number of ether oxygens (including phenoxy) is 2. The quantitative estimate of drug-likeness (QED) is 0.307. The van der Waals surface area contributed by atoms with Gasteiger partial charge in [0.05, 0.1) is 27.1 Å². The van der Waals surface area contributed by atoms with Crippen LogP contribution in [0.15, 0.2) is 0 Å². The summed E-state index contributed by atoms with van der Waals surface area (Å²) in [5.74, 6) is -1.50. The highest BCUT2D eigenvalue weighted by molar-refractivity contribution is 5.71. The summed E-state index contributed by atoms with van der Waals surface area (Å²) in [5, 5.41) is 10.8. The SMILES string of the molecule is C.C.C.CC(COC(CC(=O)[O-])C[N+](C)(C)C)CC(C)C(=O)OCCN.[CH3-]. The molecule has 0 spiro atoms. The number of likely N-dealkylation sites (N-methyl/N-ethyl adjacent to an activating group) is 1. The van der Waals surface area contributed by atoms with E-state index in [1.54, 1.807) is 6.92 Å². The summed E-state index contributed by atoms with van der Waals surface area (Å²) in [5.41, 5.74) is 5.30. The molecular formula is C20H47N2O5-. The Balaban J connectivity index is -0.000000403. The fraction of sp³-hybridized carbons (Fsp3) is 0.850. The predicted octanol–water partition coefficient (Wildman–Crippen LogP) is 1.74. The lowest BCUT2D eigenvalue weighted by atomic mass is 9.98. The predicted molar refractivity (Wildman–Crippen MR) is 112 cm³/mol. The third-order valence-electron chi connectivity index (χ3n) is 3.28. The number of nitrogens with zero attached hydrogens (tertiary/aromatic N) is 1. The molecule has 0 heterocycles. The van der Waals surface area contributed by atoms with Crippen LogP contribution in [0.2, 0.25) is 0 Å². The number of quaternary nitrogens is 1. The Labute approximate surface area is 168 Å². The minimum atomic E-state index is -1.12. The highest BCUT2D eigenvalue weighted by Crippen LogP contribution is 2.15. The van der Waals surface area contributed by atoms with E-state index in [-0.39, 0.29) is 60.5 Å². The maximum atomic E-state index is 11.7. The summed E-state index contributed by atoms with van der Waals surface area (Å²) in [6.45, 7) is 5.29. The van der Waals surface area contributed by atoms with Crippen molar-refractivity contribution in [2.24, 2.45) is 17.6 Å². The summed E-state index contributed by atoms with van der Waals surface area (Å²) in [6.07, 6.45) is 0.0873. The van der Waals surface area contributed by atoms with Gasteiger partial charge in [-0.2, -0.15) is 0 Å². The van der Waals surface area contributed by atoms with Crippen molar-refractivity contribution in [3.8, 4) is 0 Å². The molecule has 0 fully saturated rings. The number of carboxylic acids is 1. The summed E-state index contributed by atoms with van der Waals surface area (Å²) >= 11 is 0. The molecule has 0 aliphatic rings. The van der Waals surface area contributed by atoms with E-state index in [1.807, 2.05) is 28.1 Å². The number of nitrogens with two attached hydrogens (primary N) is 1. The van der Waals surface area contributed by atoms with Crippen molar-refractivity contribution in [1.29, 1.82) is 0 Å². The Morgan fingerprint density at radius 1 is 1.11 bits per heavy atom. The molecule has 7 nitrogen and oxygen atoms in total. The second kappa shape index (κ2) is 18.2. The molecule has 2 N–H and O–H groups in total. The number of hydrogen-bond acceptors (Lipinski definition) is 6. The summed E-state index contributed by atoms with van der Waals surface area (Å²) in [4.78, 5) is 22.5. The van der Waals surface area contributed by atoms with Crippen LogP contribution in [-0.2, 0) is 19.1 Å². The van der Waals surface area contributed by atoms with Crippen LogP contribution in [-0.4, -0.2) is 70.0 Å². The third-order valence-corrected chi connectivity index (χ3v) is 3.28. The largest absolute Gasteiger partial charge is 0.550 e. The molecule has 0 aromatic rings. The van der Waals surface area contributed by atoms with Crippen LogP contribution in [0.4, 0.5) is 0 Å². The smallest absolute Gasteiger partial charge is 0.308 e. The van der Waals surface area contributed by atoms with E-state index in [4.69, 9.17) is 15.2 Å². The zero-order valence-electron chi connectivity index (χ0n) is 16.0. The zero-order chi connectivity index (χ0) is 18.0. The number of hydrogen-bond donors (Lipinski definition) is 1. The molecule has 168 valence electrons. The minimum absolute atomic E-state index is 0. The minimum Gasteiger partial charge on any atom is -0.550 e. The lowest BCUT2D eigenvalue weighted by Crippen LogP contribution is -2.44. The topological polar surface area (TPSA) is 102 Å². The van der Waals surface area contributed by atoms with Crippen LogP contribution < -0.4 is 10.8 Å². The van der Waals surface area contributed by atoms with Crippen LogP contribution in [0.5, 0.6) is 0 Å². The van der Waals surface area contributed by atoms with Gasteiger partial charge in [0, 0.05) is 25.5 Å². The van der Waals surface area contributed by atoms with Gasteiger partial charge in [0.1, 0.15) is 19.3 Å². The second-order valence-electron chi connectivity index (χ2n) is 7.20. The number of aliphatic carboxylic acids is 1. The number of carbonyl (C=O) groups excluding carboxylic acids is 2. The van der Waals surface area contributed by atoms with E-state index in [0.717, 1.165) is 0 Å². The Kier molecular flexibility index (Phi) is 24.7. The third kappa shape index (κ3) is 21.0. The van der Waals surface area contributed by atoms with Crippen LogP contribution >= 0.6 is 0 Å². The van der Waals surface area contributed by atoms with Crippen molar-refractivity contribution in [3.05, 3.63) is 7.43 Å². The monoisotopic (exact) mass is 395 g/mol. The van der Waals surface area contributed by atoms with E-state index in [2.05, 4.69) is 0 Å². The van der Waals surface area contributed by atoms with Crippen molar-refractivity contribution in [2.75, 3.05) is 47.4 Å². The van der Waals surface area contributed by atoms with E-state index >= 15 is 0 Å². The molecule has 0 aliphatic carbocycles. The average Bonchev–Trinajstić information content (AvgIpc) is 2.39. The summed E-state index contributed by atoms with van der Waals surface area (Å²) < 4.78 is 11.4. The van der Waals surface area contributed by atoms with Gasteiger partial charge in [-0.05, 0) is 12.3 Å². The lowest BCUT2D eigenvalue weighted by Gasteiger charge is -2.30. The van der Waals surface area contributed by atoms with Gasteiger partial charge in [-0.25, -0.2) is 0 Å². The summed E-state index contributed by atoms with van der Waals surface area (Å²) in [6, 6.07) is 0. The first-order chi connectivity index (χ1) is 10.5. The van der Waals surface area contributed by atoms with E-state index in [9.17, 15) is 14.7 Å². The van der Waals surface area contributed by atoms with Crippen LogP contribution in [0, 0.1) is 19.3 Å². The van der Waals surface area contributed by atoms with E-state index < -0.39 is 12.1 Å². The molecule has 0 amide bonds. The van der Waals surface area contributed by atoms with Crippen molar-refractivity contribution >= 4 is 11.9 Å². The van der Waals surface area contributed by atoms with Gasteiger partial charge in [0.25, 0.3) is 0 Å². The molecule has 0 bridgehead atoms. The molecule has 3 unspecified atom stereocenters. The summed E-state index contributed by atoms with van der Waals surface area (Å²) in [7, 11) is 5.93. The van der Waals surface area contributed by atoms with Crippen molar-refractivity contribution < 1.29 is 28.7 Å². The standard InChI is InChI=1S/C16H32N2O5.3CH4.CH3/c1-12(8-13(2)16(21)22-7-6-17)11-23-14(9-15(19)20)10-18(3,4)5;;;;/h12-14H,6-11,17H2,1-5H3;3*1H4;1H3/q;;;;-1. The second-order valence-corrected chi connectivity index (χ2v) is 7.20. The van der Waals surface area contributed by atoms with E-state index in [0.29, 0.717) is 30.6 Å². The van der Waals surface area contributed by atoms with Gasteiger partial charge >= 0.3 is 5.97 Å². The molecule has 0 radical (unpaired) electrons. The fourth-order valence-electron chi connectivity index (χ4n) is 2.34. The molecule has 0 aromatic carbocycles. The Bertz CT molecular complexity index is 370. The fourth-order valence-corrected chi connectivity index (χ4v) is 2.34. The molecule has 3 atom stereocenters. The van der Waals surface area contributed by atoms with Gasteiger partial charge in [0.2, 0.25) is 0 Å². The van der Waals surface area contributed by atoms with Crippen molar-refractivity contribution in [1.82, 2.24) is 0 Å². The molecular weight excluding hydrogens is 348 g/mol. The number of rotatable bonds is 12. The van der Waals surface area contributed by atoms with Crippen molar-refractivity contribution in [2.45, 2.75) is 55.1 Å². The van der Waals surface area contributed by atoms with E-state index in [1.165, 1.54) is 0 Å². The number of esters is 1. The van der Waals surface area contributed by atoms with Crippen LogP contribution in [0.25, 0.3) is 0 Å². The average molecular weight is 396 g/mol. The Hall–Kier alpha value is -1.18. The number of carboxylic acid groups (broad SMARTS) is 1. The highest BCUT2D eigenvalue weighted by atomic mass is 16.5. The van der Waals surface area contributed by atoms with Crippen molar-refractivity contribution in [3.63, 3.8) is 0 Å². The first-order valence-corrected chi connectivity index (χ1v) is 8.03. The van der Waals surface area contributed by atoms with Crippen LogP contribution in [0.3, 0.4) is 0 Å². The molecule has 0 rings (SSSR count). The molecule has 0 saturated heterocycles. The molecule has 0 aromatic heterocycles. The molecule has 7 heteroatoms. The van der Waals surface area contributed by atoms with Gasteiger partial charge in [0.15, 0.2) is 0 Å². The van der Waals surface area contributed by atoms with Gasteiger partial charge in [-0.1, -0.05) is 36.1 Å². The maximum absolute atomic E-state index is 11.7. The van der Waals surface area contributed by atoms with Gasteiger partial charge in [-0.3, -0.25) is 4.79 Å². The zero-order valence-corrected chi connectivity index (χ0v) is 16.0. The Morgan fingerprint density at radius 2 is 1.63 bits per heavy atom. The van der Waals surface area contributed by atoms with Gasteiger partial charge in [-0.15, -0.1) is 0 Å². The maximum Gasteiger partial charge on any atom is 0.308 e. The molecule has 0 saturated carbocycles. The molecule has 27 heavy (non-hydrogen) atoms. The van der Waals surface area contributed by atoms with Gasteiger partial charge < -0.3 is 37.0 Å². The normalized spacial score (nSPS) is 13.4. The first-order valence-electron chi connectivity index (χ1n) is 8.03.